The Morgan fingerprint density at radius 2 is 2.12 bits per heavy atom. The molecule has 1 aromatic heterocycles. The van der Waals surface area contributed by atoms with E-state index in [1.165, 1.54) is 6.21 Å². The van der Waals surface area contributed by atoms with Crippen LogP contribution >= 0.6 is 11.8 Å². The maximum absolute atomic E-state index is 12.1. The topological polar surface area (TPSA) is 87.6 Å². The van der Waals surface area contributed by atoms with Crippen molar-refractivity contribution in [3.05, 3.63) is 53.5 Å². The van der Waals surface area contributed by atoms with Gasteiger partial charge in [-0.1, -0.05) is 11.8 Å². The van der Waals surface area contributed by atoms with Crippen molar-refractivity contribution in [2.24, 2.45) is 5.10 Å². The first-order valence-electron chi connectivity index (χ1n) is 7.00. The van der Waals surface area contributed by atoms with Crippen LogP contribution in [-0.2, 0) is 10.5 Å². The van der Waals surface area contributed by atoms with Crippen molar-refractivity contribution in [3.63, 3.8) is 0 Å². The number of nitrogens with zero attached hydrogens (tertiary/aromatic N) is 2. The Morgan fingerprint density at radius 3 is 2.80 bits per heavy atom. The number of thioether (sulfide) groups is 1. The molecule has 0 aliphatic rings. The Kier molecular flexibility index (Phi) is 6.98. The first-order chi connectivity index (χ1) is 12.1. The summed E-state index contributed by atoms with van der Waals surface area (Å²) in [6.45, 7) is -0.252. The molecule has 2 rings (SSSR count). The van der Waals surface area contributed by atoms with Gasteiger partial charge in [0.15, 0.2) is 6.61 Å². The number of benzene rings is 1. The third kappa shape index (κ3) is 6.64. The van der Waals surface area contributed by atoms with Crippen molar-refractivity contribution in [2.75, 3.05) is 6.61 Å². The van der Waals surface area contributed by atoms with E-state index in [-0.39, 0.29) is 12.4 Å². The Balaban J connectivity index is 1.73. The van der Waals surface area contributed by atoms with Crippen LogP contribution < -0.4 is 10.2 Å². The van der Waals surface area contributed by atoms with Crippen molar-refractivity contribution in [1.29, 1.82) is 5.26 Å². The largest absolute Gasteiger partial charge is 0.484 e. The van der Waals surface area contributed by atoms with Crippen molar-refractivity contribution >= 4 is 23.9 Å². The first-order valence-corrected chi connectivity index (χ1v) is 8.05. The maximum Gasteiger partial charge on any atom is 0.284 e. The fourth-order valence-corrected chi connectivity index (χ4v) is 2.11. The summed E-state index contributed by atoms with van der Waals surface area (Å²) in [5.41, 5.74) is 2.74. The third-order valence-corrected chi connectivity index (χ3v) is 3.47. The molecule has 9 heteroatoms. The molecule has 1 N–H and O–H groups in total. The molecule has 0 fully saturated rings. The predicted octanol–water partition coefficient (Wildman–Crippen LogP) is 3.14. The number of carbonyl (C=O) groups is 1. The van der Waals surface area contributed by atoms with Crippen LogP contribution in [0.25, 0.3) is 0 Å². The van der Waals surface area contributed by atoms with E-state index in [4.69, 9.17) is 14.4 Å². The quantitative estimate of drug-likeness (QED) is 0.574. The number of alkyl halides is 2. The molecule has 0 radical (unpaired) electrons. The van der Waals surface area contributed by atoms with Crippen LogP contribution in [0, 0.1) is 11.3 Å². The van der Waals surface area contributed by atoms with Gasteiger partial charge in [-0.25, -0.2) is 5.43 Å². The van der Waals surface area contributed by atoms with Crippen LogP contribution in [0.3, 0.4) is 0 Å². The van der Waals surface area contributed by atoms with E-state index in [9.17, 15) is 13.6 Å². The van der Waals surface area contributed by atoms with Gasteiger partial charge >= 0.3 is 0 Å². The van der Waals surface area contributed by atoms with Crippen LogP contribution in [0.1, 0.15) is 17.1 Å². The second kappa shape index (κ2) is 9.44. The number of hydrogen-bond donors (Lipinski definition) is 1. The van der Waals surface area contributed by atoms with Gasteiger partial charge in [0, 0.05) is 0 Å². The van der Waals surface area contributed by atoms with E-state index in [1.807, 2.05) is 6.07 Å². The van der Waals surface area contributed by atoms with Crippen molar-refractivity contribution in [2.45, 2.75) is 11.5 Å². The van der Waals surface area contributed by atoms with Gasteiger partial charge in [0.2, 0.25) is 0 Å². The van der Waals surface area contributed by atoms with Crippen LogP contribution in [0.2, 0.25) is 0 Å². The summed E-state index contributed by atoms with van der Waals surface area (Å²) in [6, 6.07) is 11.4. The van der Waals surface area contributed by atoms with Gasteiger partial charge in [-0.15, -0.1) is 0 Å². The van der Waals surface area contributed by atoms with Crippen molar-refractivity contribution in [1.82, 2.24) is 5.43 Å². The second-order valence-corrected chi connectivity index (χ2v) is 5.57. The maximum atomic E-state index is 12.1. The average molecular weight is 365 g/mol. The number of ether oxygens (including phenoxy) is 1. The number of amides is 1. The number of hydrazone groups is 1. The number of furan rings is 1. The molecule has 1 amide bonds. The normalized spacial score (nSPS) is 10.8. The monoisotopic (exact) mass is 365 g/mol. The molecule has 0 unspecified atom stereocenters. The highest BCUT2D eigenvalue weighted by atomic mass is 32.2. The minimum absolute atomic E-state index is 0.0519. The molecular weight excluding hydrogens is 352 g/mol. The number of nitriles is 1. The van der Waals surface area contributed by atoms with Crippen molar-refractivity contribution < 1.29 is 22.7 Å². The Hall–Kier alpha value is -2.86. The molecule has 0 saturated carbocycles. The smallest absolute Gasteiger partial charge is 0.284 e. The summed E-state index contributed by atoms with van der Waals surface area (Å²) in [4.78, 5) is 11.6. The number of halogens is 2. The molecule has 6 nitrogen and oxygen atoms in total. The van der Waals surface area contributed by atoms with E-state index in [2.05, 4.69) is 10.5 Å². The molecule has 0 spiro atoms. The minimum Gasteiger partial charge on any atom is -0.484 e. The Bertz CT molecular complexity index is 770. The average Bonchev–Trinajstić information content (AvgIpc) is 3.06. The van der Waals surface area contributed by atoms with Crippen molar-refractivity contribution in [3.8, 4) is 11.8 Å². The summed E-state index contributed by atoms with van der Waals surface area (Å²) < 4.78 is 34.6. The van der Waals surface area contributed by atoms with Crippen LogP contribution in [0.15, 0.2) is 45.9 Å². The number of carbonyl (C=O) groups excluding carboxylic acids is 1. The number of hydrogen-bond acceptors (Lipinski definition) is 6. The molecule has 0 bridgehead atoms. The van der Waals surface area contributed by atoms with Gasteiger partial charge in [0.05, 0.1) is 23.6 Å². The SMILES string of the molecule is N#Cc1ccc(OCC(=O)N/N=C\c2ccc(CSC(F)F)o2)cc1. The van der Waals surface area contributed by atoms with E-state index >= 15 is 0 Å². The van der Waals surface area contributed by atoms with Gasteiger partial charge in [-0.05, 0) is 36.4 Å². The molecule has 0 aliphatic heterocycles. The van der Waals surface area contributed by atoms with E-state index in [0.29, 0.717) is 34.6 Å². The zero-order chi connectivity index (χ0) is 18.1. The Morgan fingerprint density at radius 1 is 1.36 bits per heavy atom. The molecule has 0 aliphatic carbocycles. The van der Waals surface area contributed by atoms with Gasteiger partial charge in [0.25, 0.3) is 11.7 Å². The molecule has 0 saturated heterocycles. The molecule has 1 heterocycles. The minimum atomic E-state index is -2.46. The molecule has 25 heavy (non-hydrogen) atoms. The highest BCUT2D eigenvalue weighted by Gasteiger charge is 2.06. The predicted molar refractivity (Wildman–Crippen MR) is 88.4 cm³/mol. The van der Waals surface area contributed by atoms with Crippen LogP contribution in [0.5, 0.6) is 5.75 Å². The van der Waals surface area contributed by atoms with Gasteiger partial charge < -0.3 is 9.15 Å². The molecule has 1 aromatic carbocycles. The lowest BCUT2D eigenvalue weighted by Gasteiger charge is -2.04. The summed E-state index contributed by atoms with van der Waals surface area (Å²) in [5.74, 6) is -1.72. The van der Waals surface area contributed by atoms with Gasteiger partial charge in [0.1, 0.15) is 17.3 Å². The summed E-state index contributed by atoms with van der Waals surface area (Å²) in [5, 5.41) is 12.4. The highest BCUT2D eigenvalue weighted by molar-refractivity contribution is 7.98. The summed E-state index contributed by atoms with van der Waals surface area (Å²) in [7, 11) is 0. The van der Waals surface area contributed by atoms with Crippen LogP contribution in [0.4, 0.5) is 8.78 Å². The Labute approximate surface area is 146 Å². The number of nitrogens with one attached hydrogen (secondary N) is 1. The fraction of sp³-hybridized carbons (Fsp3) is 0.188. The molecule has 0 atom stereocenters. The van der Waals surface area contributed by atoms with E-state index < -0.39 is 11.7 Å². The molecule has 130 valence electrons. The van der Waals surface area contributed by atoms with Gasteiger partial charge in [-0.2, -0.15) is 19.1 Å². The molecular formula is C16H13F2N3O3S. The van der Waals surface area contributed by atoms with E-state index in [0.717, 1.165) is 0 Å². The summed E-state index contributed by atoms with van der Waals surface area (Å²) >= 11 is 0.458. The van der Waals surface area contributed by atoms with Crippen LogP contribution in [-0.4, -0.2) is 24.5 Å². The highest BCUT2D eigenvalue weighted by Crippen LogP contribution is 2.20. The lowest BCUT2D eigenvalue weighted by molar-refractivity contribution is -0.123. The number of rotatable bonds is 8. The fourth-order valence-electron chi connectivity index (χ4n) is 1.66. The zero-order valence-electron chi connectivity index (χ0n) is 12.8. The van der Waals surface area contributed by atoms with E-state index in [1.54, 1.807) is 36.4 Å². The lowest BCUT2D eigenvalue weighted by atomic mass is 10.2. The lowest BCUT2D eigenvalue weighted by Crippen LogP contribution is -2.24. The third-order valence-electron chi connectivity index (χ3n) is 2.77. The summed E-state index contributed by atoms with van der Waals surface area (Å²) in [6.07, 6.45) is 1.26. The zero-order valence-corrected chi connectivity index (χ0v) is 13.6. The van der Waals surface area contributed by atoms with Gasteiger partial charge in [-0.3, -0.25) is 4.79 Å². The molecule has 2 aromatic rings. The first kappa shape index (κ1) is 18.5. The standard InChI is InChI=1S/C16H13F2N3O3S/c17-16(18)25-10-14-6-5-13(24-14)8-20-21-15(22)9-23-12-3-1-11(7-19)2-4-12/h1-6,8,16H,9-10H2,(H,21,22)/b20-8-. The second-order valence-electron chi connectivity index (χ2n) is 4.59.